The van der Waals surface area contributed by atoms with Gasteiger partial charge in [-0.15, -0.1) is 0 Å². The molecule has 0 spiro atoms. The smallest absolute Gasteiger partial charge is 0.255 e. The summed E-state index contributed by atoms with van der Waals surface area (Å²) in [5.41, 5.74) is 6.63. The van der Waals surface area contributed by atoms with Gasteiger partial charge in [-0.25, -0.2) is 13.4 Å². The highest BCUT2D eigenvalue weighted by atomic mass is 32.2. The lowest BCUT2D eigenvalue weighted by Gasteiger charge is -2.14. The van der Waals surface area contributed by atoms with Crippen LogP contribution >= 0.6 is 0 Å². The van der Waals surface area contributed by atoms with Gasteiger partial charge in [-0.1, -0.05) is 56.7 Å². The fraction of sp³-hybridized carbons (Fsp3) is 0.273. The first-order valence-corrected chi connectivity index (χ1v) is 15.5. The summed E-state index contributed by atoms with van der Waals surface area (Å²) in [5.74, 6) is 0.255. The van der Waals surface area contributed by atoms with Crippen LogP contribution in [0.2, 0.25) is 0 Å². The Bertz CT molecular complexity index is 1680. The summed E-state index contributed by atoms with van der Waals surface area (Å²) in [5, 5.41) is 2.98. The lowest BCUT2D eigenvalue weighted by Crippen LogP contribution is -2.15. The van der Waals surface area contributed by atoms with Crippen LogP contribution in [0.1, 0.15) is 55.1 Å². The molecule has 0 radical (unpaired) electrons. The highest BCUT2D eigenvalue weighted by Gasteiger charge is 2.17. The maximum Gasteiger partial charge on any atom is 0.255 e. The second-order valence-electron chi connectivity index (χ2n) is 10.4. The van der Waals surface area contributed by atoms with Gasteiger partial charge in [0.1, 0.15) is 5.65 Å². The number of carbonyl (C=O) groups is 1. The molecule has 7 heteroatoms. The van der Waals surface area contributed by atoms with E-state index >= 15 is 0 Å². The number of aryl methyl sites for hydroxylation is 1. The van der Waals surface area contributed by atoms with Crippen molar-refractivity contribution in [2.24, 2.45) is 5.92 Å². The van der Waals surface area contributed by atoms with Crippen molar-refractivity contribution >= 4 is 27.1 Å². The number of hydrogen-bond acceptors (Lipinski definition) is 4. The van der Waals surface area contributed by atoms with E-state index in [4.69, 9.17) is 4.98 Å². The number of aromatic nitrogens is 2. The number of nitrogens with zero attached hydrogens (tertiary/aromatic N) is 2. The Balaban J connectivity index is 1.60. The number of hydrogen-bond donors (Lipinski definition) is 1. The molecule has 0 aliphatic heterocycles. The van der Waals surface area contributed by atoms with Crippen LogP contribution in [0.4, 0.5) is 5.69 Å². The van der Waals surface area contributed by atoms with Crippen molar-refractivity contribution in [3.8, 4) is 11.3 Å². The molecule has 4 aromatic rings. The van der Waals surface area contributed by atoms with E-state index in [0.29, 0.717) is 29.2 Å². The fourth-order valence-electron chi connectivity index (χ4n) is 4.54. The Morgan fingerprint density at radius 1 is 1.12 bits per heavy atom. The maximum atomic E-state index is 13.4. The van der Waals surface area contributed by atoms with E-state index in [-0.39, 0.29) is 10.8 Å². The zero-order valence-electron chi connectivity index (χ0n) is 23.8. The zero-order valence-corrected chi connectivity index (χ0v) is 24.6. The second kappa shape index (κ2) is 12.5. The van der Waals surface area contributed by atoms with E-state index in [1.807, 2.05) is 79.2 Å². The summed E-state index contributed by atoms with van der Waals surface area (Å²) < 4.78 is 26.6. The molecule has 2 heterocycles. The van der Waals surface area contributed by atoms with Gasteiger partial charge in [-0.05, 0) is 85.7 Å². The van der Waals surface area contributed by atoms with Crippen LogP contribution in [0.15, 0.2) is 95.7 Å². The number of pyridine rings is 1. The molecule has 0 bridgehead atoms. The van der Waals surface area contributed by atoms with Crippen LogP contribution in [-0.4, -0.2) is 30.0 Å². The zero-order chi connectivity index (χ0) is 28.9. The van der Waals surface area contributed by atoms with Crippen LogP contribution in [0.3, 0.4) is 0 Å². The molecule has 1 N–H and O–H groups in total. The Morgan fingerprint density at radius 3 is 2.52 bits per heavy atom. The number of rotatable bonds is 10. The molecule has 4 rings (SSSR count). The van der Waals surface area contributed by atoms with E-state index in [0.717, 1.165) is 40.9 Å². The molecule has 0 fully saturated rings. The van der Waals surface area contributed by atoms with Crippen molar-refractivity contribution in [3.63, 3.8) is 0 Å². The quantitative estimate of drug-likeness (QED) is 0.206. The minimum atomic E-state index is -3.42. The van der Waals surface area contributed by atoms with Gasteiger partial charge in [-0.3, -0.25) is 4.79 Å². The fourth-order valence-corrected chi connectivity index (χ4v) is 5.21. The van der Waals surface area contributed by atoms with E-state index in [1.165, 1.54) is 12.3 Å². The Labute approximate surface area is 237 Å². The van der Waals surface area contributed by atoms with Gasteiger partial charge in [0.2, 0.25) is 0 Å². The molecular weight excluding hydrogens is 518 g/mol. The summed E-state index contributed by atoms with van der Waals surface area (Å²) in [6.07, 6.45) is 13.8. The monoisotopic (exact) mass is 555 g/mol. The van der Waals surface area contributed by atoms with Crippen LogP contribution in [0.25, 0.3) is 16.9 Å². The van der Waals surface area contributed by atoms with Gasteiger partial charge in [0.05, 0.1) is 10.6 Å². The van der Waals surface area contributed by atoms with Gasteiger partial charge >= 0.3 is 0 Å². The van der Waals surface area contributed by atoms with Crippen molar-refractivity contribution < 1.29 is 13.2 Å². The summed E-state index contributed by atoms with van der Waals surface area (Å²) in [4.78, 5) is 18.4. The van der Waals surface area contributed by atoms with Gasteiger partial charge in [0, 0.05) is 35.5 Å². The van der Waals surface area contributed by atoms with Gasteiger partial charge < -0.3 is 9.72 Å². The van der Waals surface area contributed by atoms with Crippen molar-refractivity contribution in [1.29, 1.82) is 0 Å². The van der Waals surface area contributed by atoms with E-state index in [9.17, 15) is 13.2 Å². The number of anilines is 1. The number of amides is 1. The Hall–Kier alpha value is -3.97. The molecule has 0 aliphatic rings. The third-order valence-corrected chi connectivity index (χ3v) is 8.23. The molecule has 0 aliphatic carbocycles. The molecule has 2 aromatic heterocycles. The number of fused-ring (bicyclic) bond motifs is 1. The van der Waals surface area contributed by atoms with Crippen molar-refractivity contribution in [2.45, 2.75) is 51.9 Å². The molecule has 0 saturated heterocycles. The number of carbonyl (C=O) groups excluding carboxylic acids is 1. The maximum absolute atomic E-state index is 13.4. The van der Waals surface area contributed by atoms with E-state index in [2.05, 4.69) is 25.2 Å². The first kappa shape index (κ1) is 29.0. The molecule has 1 unspecified atom stereocenters. The standard InChI is InChI=1S/C33H37N3O3S/c1-6-9-25(12-11-23(3)7-2)20-27-21-29(40(5,38)39)17-18-30(27)33(37)34-28-15-13-26(14-16-28)31-22-36-19-8-10-24(4)32(36)35-31/h6,8-10,12-19,21-23H,7,11,20H2,1-5H3,(H,34,37). The summed E-state index contributed by atoms with van der Waals surface area (Å²) in [6.45, 7) is 8.35. The number of benzene rings is 2. The molecule has 0 saturated carbocycles. The number of allylic oxidation sites excluding steroid dienone is 4. The minimum absolute atomic E-state index is 0.202. The summed E-state index contributed by atoms with van der Waals surface area (Å²) in [7, 11) is -3.42. The first-order chi connectivity index (χ1) is 19.1. The molecule has 6 nitrogen and oxygen atoms in total. The van der Waals surface area contributed by atoms with Crippen LogP contribution in [-0.2, 0) is 16.3 Å². The van der Waals surface area contributed by atoms with E-state index in [1.54, 1.807) is 12.1 Å². The van der Waals surface area contributed by atoms with Gasteiger partial charge in [-0.2, -0.15) is 0 Å². The second-order valence-corrected chi connectivity index (χ2v) is 12.4. The highest BCUT2D eigenvalue weighted by Crippen LogP contribution is 2.25. The lowest BCUT2D eigenvalue weighted by molar-refractivity contribution is 0.102. The third kappa shape index (κ3) is 6.96. The van der Waals surface area contributed by atoms with Crippen LogP contribution in [0, 0.1) is 12.8 Å². The highest BCUT2D eigenvalue weighted by molar-refractivity contribution is 7.90. The number of sulfone groups is 1. The Morgan fingerprint density at radius 2 is 1.88 bits per heavy atom. The van der Waals surface area contributed by atoms with Gasteiger partial charge in [0.15, 0.2) is 9.84 Å². The van der Waals surface area contributed by atoms with Crippen molar-refractivity contribution in [1.82, 2.24) is 9.38 Å². The average molecular weight is 556 g/mol. The number of imidazole rings is 1. The average Bonchev–Trinajstić information content (AvgIpc) is 3.37. The number of nitrogens with one attached hydrogen (secondary N) is 1. The van der Waals surface area contributed by atoms with Crippen LogP contribution in [0.5, 0.6) is 0 Å². The normalized spacial score (nSPS) is 13.2. The SMILES string of the molecule is CC=CC(=CCC(C)CC)Cc1cc(S(C)(=O)=O)ccc1C(=O)Nc1ccc(-c2cn3cccc(C)c3n2)cc1. The third-order valence-electron chi connectivity index (χ3n) is 7.12. The molecule has 2 aromatic carbocycles. The van der Waals surface area contributed by atoms with Crippen molar-refractivity contribution in [2.75, 3.05) is 11.6 Å². The molecule has 40 heavy (non-hydrogen) atoms. The van der Waals surface area contributed by atoms with Crippen LogP contribution < -0.4 is 5.32 Å². The molecular formula is C33H37N3O3S. The molecule has 1 amide bonds. The summed E-state index contributed by atoms with van der Waals surface area (Å²) >= 11 is 0. The van der Waals surface area contributed by atoms with Crippen molar-refractivity contribution in [3.05, 3.63) is 107 Å². The largest absolute Gasteiger partial charge is 0.322 e. The predicted molar refractivity (Wildman–Crippen MR) is 164 cm³/mol. The lowest BCUT2D eigenvalue weighted by atomic mass is 9.96. The summed E-state index contributed by atoms with van der Waals surface area (Å²) in [6, 6.07) is 16.3. The molecule has 1 atom stereocenters. The molecule has 208 valence electrons. The predicted octanol–water partition coefficient (Wildman–Crippen LogP) is 7.45. The first-order valence-electron chi connectivity index (χ1n) is 13.6. The topological polar surface area (TPSA) is 80.5 Å². The van der Waals surface area contributed by atoms with E-state index < -0.39 is 9.84 Å². The van der Waals surface area contributed by atoms with Gasteiger partial charge in [0.25, 0.3) is 5.91 Å². The Kier molecular flexibility index (Phi) is 9.05. The minimum Gasteiger partial charge on any atom is -0.322 e.